The first-order valence-electron chi connectivity index (χ1n) is 13.3. The number of aromatic nitrogens is 5. The molecule has 0 aliphatic carbocycles. The number of ether oxygens (including phenoxy) is 2. The van der Waals surface area contributed by atoms with Crippen LogP contribution in [-0.4, -0.2) is 88.1 Å². The van der Waals surface area contributed by atoms with Gasteiger partial charge in [-0.25, -0.2) is 14.5 Å². The van der Waals surface area contributed by atoms with Crippen molar-refractivity contribution < 1.29 is 9.47 Å². The average Bonchev–Trinajstić information content (AvgIpc) is 3.43. The fourth-order valence-electron chi connectivity index (χ4n) is 5.97. The van der Waals surface area contributed by atoms with E-state index in [9.17, 15) is 5.26 Å². The van der Waals surface area contributed by atoms with Crippen molar-refractivity contribution in [1.29, 1.82) is 5.26 Å². The summed E-state index contributed by atoms with van der Waals surface area (Å²) in [5.74, 6) is 1.52. The van der Waals surface area contributed by atoms with Crippen molar-refractivity contribution in [2.24, 2.45) is 0 Å². The fourth-order valence-corrected chi connectivity index (χ4v) is 5.97. The summed E-state index contributed by atoms with van der Waals surface area (Å²) in [7, 11) is 1.64. The van der Waals surface area contributed by atoms with Crippen molar-refractivity contribution in [2.45, 2.75) is 25.0 Å². The van der Waals surface area contributed by atoms with Crippen LogP contribution in [0.15, 0.2) is 49.2 Å². The van der Waals surface area contributed by atoms with Crippen LogP contribution in [0.5, 0.6) is 5.88 Å². The number of hydrogen-bond donors (Lipinski definition) is 0. The van der Waals surface area contributed by atoms with E-state index in [2.05, 4.69) is 43.0 Å². The third-order valence-electron chi connectivity index (χ3n) is 8.05. The molecule has 4 fully saturated rings. The van der Waals surface area contributed by atoms with Crippen molar-refractivity contribution in [3.63, 3.8) is 0 Å². The minimum Gasteiger partial charge on any atom is -0.481 e. The van der Waals surface area contributed by atoms with Gasteiger partial charge in [-0.1, -0.05) is 6.07 Å². The third-order valence-corrected chi connectivity index (χ3v) is 8.05. The van der Waals surface area contributed by atoms with Crippen LogP contribution in [-0.2, 0) is 11.3 Å². The normalized spacial score (nSPS) is 21.0. The lowest BCUT2D eigenvalue weighted by Crippen LogP contribution is -2.68. The highest BCUT2D eigenvalue weighted by Gasteiger charge is 2.44. The van der Waals surface area contributed by atoms with E-state index in [1.165, 1.54) is 12.0 Å². The molecular formula is C28H29N9O2. The van der Waals surface area contributed by atoms with Crippen LogP contribution in [0.3, 0.4) is 0 Å². The number of nitriles is 1. The number of piperidine rings is 1. The number of nitrogens with zero attached hydrogens (tertiary/aromatic N) is 9. The maximum absolute atomic E-state index is 9.71. The maximum Gasteiger partial charge on any atom is 0.212 e. The fraction of sp³-hybridized carbons (Fsp3) is 0.393. The Balaban J connectivity index is 1.10. The number of rotatable bonds is 6. The maximum atomic E-state index is 9.71. The summed E-state index contributed by atoms with van der Waals surface area (Å²) in [6.07, 6.45) is 10.4. The first-order chi connectivity index (χ1) is 19.2. The molecule has 0 spiro atoms. The number of methoxy groups -OCH3 is 1. The Hall–Kier alpha value is -4.27. The number of fused-ring (bicyclic) bond motifs is 3. The highest BCUT2D eigenvalue weighted by atomic mass is 16.5. The summed E-state index contributed by atoms with van der Waals surface area (Å²) < 4.78 is 12.5. The molecule has 11 heteroatoms. The Bertz CT molecular complexity index is 1510. The standard InChI is InChI=1S/C28H29N9O2/c1-38-27-3-2-19(11-32-27)15-36-22-8-23(36)17-35(16-22)26-14-30-25(13-31-26)24-9-21(34-4-6-39-7-5-34)18-37-28(24)20(10-29)12-33-37/h2-3,9,11-14,18,22-23H,4-8,15-17H2,1H3. The molecule has 4 aliphatic heterocycles. The predicted molar refractivity (Wildman–Crippen MR) is 145 cm³/mol. The molecule has 4 aromatic rings. The predicted octanol–water partition coefficient (Wildman–Crippen LogP) is 2.37. The largest absolute Gasteiger partial charge is 0.481 e. The lowest BCUT2D eigenvalue weighted by atomic mass is 9.87. The topological polar surface area (TPSA) is 108 Å². The average molecular weight is 524 g/mol. The van der Waals surface area contributed by atoms with E-state index in [-0.39, 0.29) is 0 Å². The summed E-state index contributed by atoms with van der Waals surface area (Å²) in [5, 5.41) is 14.2. The van der Waals surface area contributed by atoms with Crippen LogP contribution < -0.4 is 14.5 Å². The molecule has 2 unspecified atom stereocenters. The lowest BCUT2D eigenvalue weighted by molar-refractivity contribution is -0.00879. The zero-order valence-electron chi connectivity index (χ0n) is 21.8. The van der Waals surface area contributed by atoms with E-state index in [1.807, 2.05) is 30.9 Å². The summed E-state index contributed by atoms with van der Waals surface area (Å²) in [4.78, 5) is 21.2. The van der Waals surface area contributed by atoms with Gasteiger partial charge in [-0.05, 0) is 18.1 Å². The number of hydrogen-bond acceptors (Lipinski definition) is 10. The van der Waals surface area contributed by atoms with Crippen LogP contribution in [0.2, 0.25) is 0 Å². The van der Waals surface area contributed by atoms with Crippen molar-refractivity contribution >= 4 is 17.0 Å². The molecule has 0 radical (unpaired) electrons. The molecule has 0 saturated carbocycles. The highest BCUT2D eigenvalue weighted by molar-refractivity contribution is 5.85. The van der Waals surface area contributed by atoms with E-state index in [4.69, 9.17) is 19.4 Å². The molecule has 4 aliphatic rings. The van der Waals surface area contributed by atoms with Crippen molar-refractivity contribution in [2.75, 3.05) is 56.3 Å². The molecule has 4 saturated heterocycles. The van der Waals surface area contributed by atoms with Crippen LogP contribution in [0, 0.1) is 11.3 Å². The molecule has 8 heterocycles. The van der Waals surface area contributed by atoms with Gasteiger partial charge in [-0.3, -0.25) is 9.88 Å². The van der Waals surface area contributed by atoms with Gasteiger partial charge in [-0.2, -0.15) is 10.4 Å². The molecule has 11 nitrogen and oxygen atoms in total. The highest BCUT2D eigenvalue weighted by Crippen LogP contribution is 2.36. The quantitative estimate of drug-likeness (QED) is 0.374. The zero-order valence-corrected chi connectivity index (χ0v) is 21.8. The Morgan fingerprint density at radius 2 is 1.87 bits per heavy atom. The molecule has 8 rings (SSSR count). The van der Waals surface area contributed by atoms with Crippen molar-refractivity contribution in [3.8, 4) is 23.2 Å². The van der Waals surface area contributed by atoms with Gasteiger partial charge in [0, 0.05) is 62.6 Å². The SMILES string of the molecule is COc1ccc(CN2C3CC2CN(c2cnc(-c4cc(N5CCOCC5)cn5ncc(C#N)c45)cn2)C3)cn1. The number of morpholine rings is 1. The summed E-state index contributed by atoms with van der Waals surface area (Å²) >= 11 is 0. The Morgan fingerprint density at radius 3 is 2.56 bits per heavy atom. The van der Waals surface area contributed by atoms with Gasteiger partial charge < -0.3 is 19.3 Å². The summed E-state index contributed by atoms with van der Waals surface area (Å²) in [6, 6.07) is 9.35. The minimum absolute atomic E-state index is 0.488. The minimum atomic E-state index is 0.488. The van der Waals surface area contributed by atoms with Crippen LogP contribution in [0.25, 0.3) is 16.8 Å². The molecule has 0 amide bonds. The second kappa shape index (κ2) is 9.80. The number of pyridine rings is 2. The van der Waals surface area contributed by atoms with E-state index in [0.29, 0.717) is 36.7 Å². The van der Waals surface area contributed by atoms with E-state index in [0.717, 1.165) is 61.0 Å². The summed E-state index contributed by atoms with van der Waals surface area (Å²) in [6.45, 7) is 5.74. The van der Waals surface area contributed by atoms with E-state index < -0.39 is 0 Å². The molecule has 2 atom stereocenters. The lowest BCUT2D eigenvalue weighted by Gasteiger charge is -2.56. The van der Waals surface area contributed by atoms with Gasteiger partial charge >= 0.3 is 0 Å². The Morgan fingerprint density at radius 1 is 1.03 bits per heavy atom. The first kappa shape index (κ1) is 23.8. The molecule has 39 heavy (non-hydrogen) atoms. The molecule has 198 valence electrons. The van der Waals surface area contributed by atoms with Gasteiger partial charge in [0.05, 0.1) is 67.6 Å². The van der Waals surface area contributed by atoms with Gasteiger partial charge in [-0.15, -0.1) is 0 Å². The number of piperazine rings is 1. The summed E-state index contributed by atoms with van der Waals surface area (Å²) in [5.41, 5.74) is 5.08. The van der Waals surface area contributed by atoms with Gasteiger partial charge in [0.15, 0.2) is 0 Å². The van der Waals surface area contributed by atoms with Crippen molar-refractivity contribution in [1.82, 2.24) is 29.5 Å². The van der Waals surface area contributed by atoms with Gasteiger partial charge in [0.2, 0.25) is 5.88 Å². The van der Waals surface area contributed by atoms with Crippen LogP contribution >= 0.6 is 0 Å². The second-order valence-electron chi connectivity index (χ2n) is 10.3. The monoisotopic (exact) mass is 523 g/mol. The van der Waals surface area contributed by atoms with E-state index in [1.54, 1.807) is 17.8 Å². The molecule has 0 N–H and O–H groups in total. The molecular weight excluding hydrogens is 494 g/mol. The Labute approximate surface area is 226 Å². The van der Waals surface area contributed by atoms with E-state index >= 15 is 0 Å². The zero-order chi connectivity index (χ0) is 26.3. The Kier molecular flexibility index (Phi) is 5.98. The van der Waals surface area contributed by atoms with Crippen LogP contribution in [0.1, 0.15) is 17.5 Å². The third kappa shape index (κ3) is 4.31. The first-order valence-corrected chi connectivity index (χ1v) is 13.3. The number of anilines is 2. The molecule has 0 aromatic carbocycles. The molecule has 4 aromatic heterocycles. The van der Waals surface area contributed by atoms with Gasteiger partial charge in [0.1, 0.15) is 11.9 Å². The van der Waals surface area contributed by atoms with Gasteiger partial charge in [0.25, 0.3) is 0 Å². The van der Waals surface area contributed by atoms with Crippen LogP contribution in [0.4, 0.5) is 11.5 Å². The van der Waals surface area contributed by atoms with Crippen molar-refractivity contribution in [3.05, 3.63) is 60.3 Å². The second-order valence-corrected chi connectivity index (χ2v) is 10.3. The smallest absolute Gasteiger partial charge is 0.212 e. The molecule has 2 bridgehead atoms.